The van der Waals surface area contributed by atoms with Crippen molar-refractivity contribution in [2.24, 2.45) is 0 Å². The third-order valence-corrected chi connectivity index (χ3v) is 6.15. The molecule has 0 radical (unpaired) electrons. The molecule has 1 aliphatic carbocycles. The average Bonchev–Trinajstić information content (AvgIpc) is 2.96. The smallest absolute Gasteiger partial charge is 0.306 e. The van der Waals surface area contributed by atoms with Crippen molar-refractivity contribution in [3.8, 4) is 11.5 Å². The molecular formula is C20H23NO5S2. The number of amides is 1. The molecule has 1 aromatic carbocycles. The number of thioether (sulfide) groups is 1. The molecule has 0 spiro atoms. The van der Waals surface area contributed by atoms with Crippen LogP contribution in [0, 0.1) is 0 Å². The Kier molecular flexibility index (Phi) is 6.96. The van der Waals surface area contributed by atoms with Gasteiger partial charge in [-0.25, -0.2) is 0 Å². The summed E-state index contributed by atoms with van der Waals surface area (Å²) in [6.07, 6.45) is 7.25. The largest absolute Gasteiger partial charge is 0.493 e. The van der Waals surface area contributed by atoms with Gasteiger partial charge in [-0.05, 0) is 36.6 Å². The number of nitrogens with zero attached hydrogens (tertiary/aromatic N) is 1. The van der Waals surface area contributed by atoms with E-state index in [1.165, 1.54) is 25.3 Å². The van der Waals surface area contributed by atoms with Gasteiger partial charge in [0.15, 0.2) is 11.5 Å². The van der Waals surface area contributed by atoms with Crippen LogP contribution in [0.25, 0.3) is 6.08 Å². The Hall–Kier alpha value is -2.06. The highest BCUT2D eigenvalue weighted by molar-refractivity contribution is 8.26. The Morgan fingerprint density at radius 3 is 2.75 bits per heavy atom. The van der Waals surface area contributed by atoms with E-state index < -0.39 is 5.97 Å². The van der Waals surface area contributed by atoms with E-state index in [0.29, 0.717) is 20.7 Å². The lowest BCUT2D eigenvalue weighted by Crippen LogP contribution is -2.39. The summed E-state index contributed by atoms with van der Waals surface area (Å²) in [4.78, 5) is 25.9. The molecule has 1 aromatic rings. The van der Waals surface area contributed by atoms with Gasteiger partial charge in [0.05, 0.1) is 25.0 Å². The fourth-order valence-electron chi connectivity index (χ4n) is 3.43. The predicted molar refractivity (Wildman–Crippen MR) is 113 cm³/mol. The Bertz CT molecular complexity index is 802. The van der Waals surface area contributed by atoms with Crippen molar-refractivity contribution in [2.45, 2.75) is 44.6 Å². The molecule has 8 heteroatoms. The molecule has 2 fully saturated rings. The third kappa shape index (κ3) is 4.86. The Morgan fingerprint density at radius 2 is 2.07 bits per heavy atom. The highest BCUT2D eigenvalue weighted by atomic mass is 32.2. The number of carboxylic acids is 1. The summed E-state index contributed by atoms with van der Waals surface area (Å²) < 4.78 is 11.4. The van der Waals surface area contributed by atoms with Gasteiger partial charge >= 0.3 is 5.97 Å². The molecule has 28 heavy (non-hydrogen) atoms. The summed E-state index contributed by atoms with van der Waals surface area (Å²) >= 11 is 6.80. The average molecular weight is 422 g/mol. The minimum absolute atomic E-state index is 0.0253. The highest BCUT2D eigenvalue weighted by Gasteiger charge is 2.37. The van der Waals surface area contributed by atoms with Crippen LogP contribution in [0.5, 0.6) is 11.5 Å². The number of thiocarbonyl (C=S) groups is 1. The molecular weight excluding hydrogens is 398 g/mol. The number of hydrogen-bond donors (Lipinski definition) is 1. The van der Waals surface area contributed by atoms with Gasteiger partial charge < -0.3 is 14.6 Å². The quantitative estimate of drug-likeness (QED) is 0.525. The lowest BCUT2D eigenvalue weighted by atomic mass is 9.94. The molecule has 0 unspecified atom stereocenters. The third-order valence-electron chi connectivity index (χ3n) is 4.82. The van der Waals surface area contributed by atoms with Gasteiger partial charge in [-0.1, -0.05) is 49.3 Å². The number of aliphatic carboxylic acids is 1. The molecule has 0 aromatic heterocycles. The van der Waals surface area contributed by atoms with Crippen molar-refractivity contribution in [1.29, 1.82) is 0 Å². The van der Waals surface area contributed by atoms with E-state index in [1.54, 1.807) is 17.0 Å². The Morgan fingerprint density at radius 1 is 1.32 bits per heavy atom. The van der Waals surface area contributed by atoms with Crippen molar-refractivity contribution in [3.05, 3.63) is 28.7 Å². The first kappa shape index (κ1) is 20.7. The molecule has 1 amide bonds. The van der Waals surface area contributed by atoms with Gasteiger partial charge in [0.1, 0.15) is 4.32 Å². The number of carbonyl (C=O) groups is 2. The summed E-state index contributed by atoms with van der Waals surface area (Å²) in [6.45, 7) is 0.0606. The second-order valence-electron chi connectivity index (χ2n) is 6.75. The number of methoxy groups -OCH3 is 1. The van der Waals surface area contributed by atoms with Gasteiger partial charge in [0.25, 0.3) is 5.91 Å². The van der Waals surface area contributed by atoms with Gasteiger partial charge in [-0.2, -0.15) is 0 Å². The molecule has 1 aliphatic heterocycles. The van der Waals surface area contributed by atoms with Gasteiger partial charge in [0, 0.05) is 6.04 Å². The lowest BCUT2D eigenvalue weighted by molar-refractivity contribution is -0.137. The maximum absolute atomic E-state index is 12.9. The van der Waals surface area contributed by atoms with Crippen molar-refractivity contribution < 1.29 is 24.2 Å². The second-order valence-corrected chi connectivity index (χ2v) is 8.42. The SMILES string of the molecule is COc1cc(/C=C2/SC(=S)N(C3CCCCC3)C2=O)ccc1OCCC(=O)O. The van der Waals surface area contributed by atoms with Crippen molar-refractivity contribution in [2.75, 3.05) is 13.7 Å². The fraction of sp³-hybridized carbons (Fsp3) is 0.450. The monoisotopic (exact) mass is 421 g/mol. The standard InChI is InChI=1S/C20H23NO5S2/c1-25-16-11-13(7-8-15(16)26-10-9-18(22)23)12-17-19(24)21(20(27)28-17)14-5-3-2-4-6-14/h7-8,11-12,14H,2-6,9-10H2,1H3,(H,22,23)/b17-12+. The summed E-state index contributed by atoms with van der Waals surface area (Å²) in [5.41, 5.74) is 0.798. The van der Waals surface area contributed by atoms with Crippen LogP contribution in [-0.2, 0) is 9.59 Å². The van der Waals surface area contributed by atoms with E-state index in [1.807, 2.05) is 12.1 Å². The number of rotatable bonds is 7. The van der Waals surface area contributed by atoms with Crippen LogP contribution in [0.2, 0.25) is 0 Å². The van der Waals surface area contributed by atoms with Crippen LogP contribution in [0.3, 0.4) is 0 Å². The van der Waals surface area contributed by atoms with E-state index in [2.05, 4.69) is 0 Å². The molecule has 0 atom stereocenters. The molecule has 1 heterocycles. The normalized spacial score (nSPS) is 19.3. The van der Waals surface area contributed by atoms with E-state index >= 15 is 0 Å². The van der Waals surface area contributed by atoms with Crippen molar-refractivity contribution in [1.82, 2.24) is 4.90 Å². The number of benzene rings is 1. The van der Waals surface area contributed by atoms with Crippen LogP contribution < -0.4 is 9.47 Å². The van der Waals surface area contributed by atoms with Crippen molar-refractivity contribution >= 4 is 46.3 Å². The number of carbonyl (C=O) groups excluding carboxylic acids is 1. The maximum atomic E-state index is 12.9. The van der Waals surface area contributed by atoms with Crippen LogP contribution in [0.4, 0.5) is 0 Å². The van der Waals surface area contributed by atoms with Crippen LogP contribution >= 0.6 is 24.0 Å². The molecule has 6 nitrogen and oxygen atoms in total. The minimum atomic E-state index is -0.921. The molecule has 0 bridgehead atoms. The first-order valence-electron chi connectivity index (χ1n) is 9.29. The minimum Gasteiger partial charge on any atom is -0.493 e. The summed E-state index contributed by atoms with van der Waals surface area (Å²) in [5, 5.41) is 8.72. The second kappa shape index (κ2) is 9.43. The number of carboxylic acid groups (broad SMARTS) is 1. The Balaban J connectivity index is 1.74. The van der Waals surface area contributed by atoms with Crippen LogP contribution in [-0.4, -0.2) is 46.0 Å². The Labute approximate surface area is 173 Å². The molecule has 1 saturated heterocycles. The molecule has 2 aliphatic rings. The summed E-state index contributed by atoms with van der Waals surface area (Å²) in [5.74, 6) is 0.00999. The van der Waals surface area contributed by atoms with E-state index in [0.717, 1.165) is 31.2 Å². The fourth-order valence-corrected chi connectivity index (χ4v) is 4.83. The van der Waals surface area contributed by atoms with Crippen molar-refractivity contribution in [3.63, 3.8) is 0 Å². The molecule has 3 rings (SSSR count). The van der Waals surface area contributed by atoms with Gasteiger partial charge in [-0.15, -0.1) is 0 Å². The zero-order valence-corrected chi connectivity index (χ0v) is 17.3. The number of hydrogen-bond acceptors (Lipinski definition) is 6. The van der Waals surface area contributed by atoms with E-state index in [9.17, 15) is 9.59 Å². The van der Waals surface area contributed by atoms with Gasteiger partial charge in [0.2, 0.25) is 0 Å². The first-order valence-corrected chi connectivity index (χ1v) is 10.5. The number of ether oxygens (including phenoxy) is 2. The molecule has 1 N–H and O–H groups in total. The predicted octanol–water partition coefficient (Wildman–Crippen LogP) is 4.08. The first-order chi connectivity index (χ1) is 13.5. The summed E-state index contributed by atoms with van der Waals surface area (Å²) in [7, 11) is 1.52. The topological polar surface area (TPSA) is 76.1 Å². The van der Waals surface area contributed by atoms with Gasteiger partial charge in [-0.3, -0.25) is 14.5 Å². The zero-order chi connectivity index (χ0) is 20.1. The molecule has 150 valence electrons. The zero-order valence-electron chi connectivity index (χ0n) is 15.7. The van der Waals surface area contributed by atoms with E-state index in [4.69, 9.17) is 26.8 Å². The van der Waals surface area contributed by atoms with E-state index in [-0.39, 0.29) is 25.0 Å². The highest BCUT2D eigenvalue weighted by Crippen LogP contribution is 2.38. The maximum Gasteiger partial charge on any atom is 0.306 e. The lowest BCUT2D eigenvalue weighted by Gasteiger charge is -2.29. The van der Waals surface area contributed by atoms with Crippen LogP contribution in [0.15, 0.2) is 23.1 Å². The summed E-state index contributed by atoms with van der Waals surface area (Å²) in [6, 6.07) is 5.51. The van der Waals surface area contributed by atoms with Crippen LogP contribution in [0.1, 0.15) is 44.1 Å². The molecule has 1 saturated carbocycles.